The predicted molar refractivity (Wildman–Crippen MR) is 119 cm³/mol. The molecule has 1 aliphatic carbocycles. The van der Waals surface area contributed by atoms with E-state index >= 15 is 0 Å². The Morgan fingerprint density at radius 3 is 2.77 bits per heavy atom. The Bertz CT molecular complexity index is 1190. The third-order valence-corrected chi connectivity index (χ3v) is 6.57. The predicted octanol–water partition coefficient (Wildman–Crippen LogP) is -0.754. The van der Waals surface area contributed by atoms with Gasteiger partial charge in [-0.25, -0.2) is 19.5 Å². The highest BCUT2D eigenvalue weighted by molar-refractivity contribution is 7.84. The molecule has 2 aliphatic rings. The van der Waals surface area contributed by atoms with Crippen LogP contribution in [-0.2, 0) is 25.8 Å². The second kappa shape index (κ2) is 10.3. The van der Waals surface area contributed by atoms with Crippen LogP contribution in [0.2, 0.25) is 0 Å². The van der Waals surface area contributed by atoms with Crippen molar-refractivity contribution in [2.45, 2.75) is 44.1 Å². The third-order valence-electron chi connectivity index (χ3n) is 6.11. The quantitative estimate of drug-likeness (QED) is 0.362. The smallest absolute Gasteiger partial charge is 0.333 e. The molecule has 15 heteroatoms. The molecule has 0 spiro atoms. The van der Waals surface area contributed by atoms with Crippen LogP contribution in [-0.4, -0.2) is 87.9 Å². The summed E-state index contributed by atoms with van der Waals surface area (Å²) in [4.78, 5) is 35.1. The van der Waals surface area contributed by atoms with E-state index < -0.39 is 46.9 Å². The van der Waals surface area contributed by atoms with E-state index in [2.05, 4.69) is 24.6 Å². The van der Waals surface area contributed by atoms with E-state index in [1.54, 1.807) is 4.90 Å². The Morgan fingerprint density at radius 2 is 2.06 bits per heavy atom. The molecule has 1 aliphatic heterocycles. The Morgan fingerprint density at radius 1 is 1.31 bits per heavy atom. The van der Waals surface area contributed by atoms with Gasteiger partial charge in [-0.15, -0.1) is 0 Å². The van der Waals surface area contributed by atoms with Gasteiger partial charge in [0.25, 0.3) is 0 Å². The maximum absolute atomic E-state index is 14.7. The van der Waals surface area contributed by atoms with Gasteiger partial charge in [0.15, 0.2) is 0 Å². The summed E-state index contributed by atoms with van der Waals surface area (Å²) in [6, 6.07) is 0.491. The van der Waals surface area contributed by atoms with Gasteiger partial charge >= 0.3 is 10.3 Å². The highest BCUT2D eigenvalue weighted by Crippen LogP contribution is 2.32. The number of aliphatic hydroxyl groups is 1. The number of nitrogens with zero attached hydrogens (tertiary/aromatic N) is 5. The molecule has 2 aromatic heterocycles. The number of aromatic nitrogens is 4. The van der Waals surface area contributed by atoms with Gasteiger partial charge in [-0.3, -0.25) is 18.5 Å². The lowest BCUT2D eigenvalue weighted by Crippen LogP contribution is -2.33. The van der Waals surface area contributed by atoms with E-state index in [0.29, 0.717) is 13.1 Å². The first-order valence-corrected chi connectivity index (χ1v) is 12.5. The van der Waals surface area contributed by atoms with Crippen molar-refractivity contribution in [3.8, 4) is 0 Å². The number of nitrogens with one attached hydrogen (secondary N) is 1. The summed E-state index contributed by atoms with van der Waals surface area (Å²) in [6.45, 7) is 0.947. The van der Waals surface area contributed by atoms with Gasteiger partial charge in [-0.05, 0) is 25.3 Å². The monoisotopic (exact) mass is 511 g/mol. The minimum absolute atomic E-state index is 0.00270. The van der Waals surface area contributed by atoms with Crippen LogP contribution >= 0.6 is 0 Å². The van der Waals surface area contributed by atoms with Crippen molar-refractivity contribution in [1.29, 1.82) is 0 Å². The van der Waals surface area contributed by atoms with Crippen molar-refractivity contribution in [3.05, 3.63) is 36.0 Å². The van der Waals surface area contributed by atoms with Crippen molar-refractivity contribution in [2.24, 2.45) is 11.1 Å². The number of amides is 1. The molecular weight excluding hydrogens is 485 g/mol. The van der Waals surface area contributed by atoms with E-state index in [1.807, 2.05) is 0 Å². The number of hydrogen-bond acceptors (Lipinski definition) is 10. The van der Waals surface area contributed by atoms with Gasteiger partial charge in [0.1, 0.15) is 30.6 Å². The van der Waals surface area contributed by atoms with Gasteiger partial charge < -0.3 is 15.3 Å². The van der Waals surface area contributed by atoms with Gasteiger partial charge in [-0.1, -0.05) is 0 Å². The van der Waals surface area contributed by atoms with Crippen LogP contribution in [0.3, 0.4) is 0 Å². The molecule has 1 saturated carbocycles. The lowest BCUT2D eigenvalue weighted by atomic mass is 10.1. The van der Waals surface area contributed by atoms with E-state index in [-0.39, 0.29) is 35.9 Å². The first kappa shape index (κ1) is 25.1. The van der Waals surface area contributed by atoms with Crippen molar-refractivity contribution >= 4 is 27.8 Å². The Kier molecular flexibility index (Phi) is 7.39. The van der Waals surface area contributed by atoms with E-state index in [0.717, 1.165) is 12.8 Å². The van der Waals surface area contributed by atoms with Crippen LogP contribution in [0.25, 0.3) is 0 Å². The normalized spacial score (nSPS) is 24.6. The molecule has 4 unspecified atom stereocenters. The molecule has 13 nitrogen and oxygen atoms in total. The SMILES string of the molecule is NS(=O)(=O)OCC1CC(Nc2ncncc2C(=O)c2ccn(CC(=O)N3CCCC3)n2)C(F)C1O. The summed E-state index contributed by atoms with van der Waals surface area (Å²) < 4.78 is 42.6. The second-order valence-electron chi connectivity index (χ2n) is 8.56. The largest absolute Gasteiger partial charge is 0.390 e. The second-order valence-corrected chi connectivity index (χ2v) is 9.78. The highest BCUT2D eigenvalue weighted by Gasteiger charge is 2.44. The molecule has 0 bridgehead atoms. The fourth-order valence-electron chi connectivity index (χ4n) is 4.28. The summed E-state index contributed by atoms with van der Waals surface area (Å²) in [5.41, 5.74) is 0.0781. The minimum Gasteiger partial charge on any atom is -0.390 e. The van der Waals surface area contributed by atoms with E-state index in [9.17, 15) is 27.5 Å². The number of alkyl halides is 1. The number of halogens is 1. The van der Waals surface area contributed by atoms with E-state index in [4.69, 9.17) is 5.14 Å². The van der Waals surface area contributed by atoms with Crippen LogP contribution in [0, 0.1) is 5.92 Å². The molecule has 4 rings (SSSR count). The van der Waals surface area contributed by atoms with Crippen LogP contribution in [0.1, 0.15) is 35.3 Å². The molecule has 0 radical (unpaired) electrons. The van der Waals surface area contributed by atoms with Crippen LogP contribution in [0.4, 0.5) is 10.2 Å². The maximum atomic E-state index is 14.7. The van der Waals surface area contributed by atoms with Crippen molar-refractivity contribution < 1.29 is 31.7 Å². The summed E-state index contributed by atoms with van der Waals surface area (Å²) in [7, 11) is -4.24. The first-order chi connectivity index (χ1) is 16.6. The van der Waals surface area contributed by atoms with Crippen molar-refractivity contribution in [1.82, 2.24) is 24.6 Å². The number of ketones is 1. The molecular formula is C20H26FN7O6S. The molecule has 1 amide bonds. The molecule has 190 valence electrons. The fraction of sp³-hybridized carbons (Fsp3) is 0.550. The summed E-state index contributed by atoms with van der Waals surface area (Å²) in [5.74, 6) is -1.43. The number of nitrogens with two attached hydrogens (primary N) is 1. The van der Waals surface area contributed by atoms with Gasteiger partial charge in [0, 0.05) is 31.4 Å². The van der Waals surface area contributed by atoms with Gasteiger partial charge in [0.2, 0.25) is 11.7 Å². The maximum Gasteiger partial charge on any atom is 0.333 e. The minimum atomic E-state index is -4.24. The topological polar surface area (TPSA) is 183 Å². The molecule has 4 atom stereocenters. The molecule has 4 N–H and O–H groups in total. The average Bonchev–Trinajstić information content (AvgIpc) is 3.56. The summed E-state index contributed by atoms with van der Waals surface area (Å²) >= 11 is 0. The fourth-order valence-corrected chi connectivity index (χ4v) is 4.65. The lowest BCUT2D eigenvalue weighted by molar-refractivity contribution is -0.130. The Hall–Kier alpha value is -3.01. The van der Waals surface area contributed by atoms with Crippen molar-refractivity contribution in [3.63, 3.8) is 0 Å². The lowest BCUT2D eigenvalue weighted by Gasteiger charge is -2.18. The molecule has 1 saturated heterocycles. The third kappa shape index (κ3) is 5.98. The van der Waals surface area contributed by atoms with Crippen LogP contribution < -0.4 is 10.5 Å². The van der Waals surface area contributed by atoms with E-state index in [1.165, 1.54) is 29.5 Å². The number of rotatable bonds is 9. The number of carbonyl (C=O) groups excluding carboxylic acids is 2. The zero-order valence-corrected chi connectivity index (χ0v) is 19.5. The number of hydrogen-bond donors (Lipinski definition) is 3. The first-order valence-electron chi connectivity index (χ1n) is 11.0. The average molecular weight is 512 g/mol. The number of anilines is 1. The zero-order chi connectivity index (χ0) is 25.2. The number of aliphatic hydroxyl groups excluding tert-OH is 1. The molecule has 2 fully saturated rings. The number of likely N-dealkylation sites (tertiary alicyclic amines) is 1. The van der Waals surface area contributed by atoms with Crippen LogP contribution in [0.5, 0.6) is 0 Å². The Balaban J connectivity index is 1.44. The zero-order valence-electron chi connectivity index (χ0n) is 18.7. The van der Waals surface area contributed by atoms with Gasteiger partial charge in [-0.2, -0.15) is 13.5 Å². The Labute approximate surface area is 200 Å². The van der Waals surface area contributed by atoms with Crippen LogP contribution in [0.15, 0.2) is 24.8 Å². The molecule has 3 heterocycles. The van der Waals surface area contributed by atoms with Crippen molar-refractivity contribution in [2.75, 3.05) is 25.0 Å². The molecule has 0 aromatic carbocycles. The number of carbonyl (C=O) groups is 2. The molecule has 35 heavy (non-hydrogen) atoms. The highest BCUT2D eigenvalue weighted by atomic mass is 32.2. The van der Waals surface area contributed by atoms with Gasteiger partial charge in [0.05, 0.1) is 24.3 Å². The summed E-state index contributed by atoms with van der Waals surface area (Å²) in [5, 5.41) is 21.9. The molecule has 2 aromatic rings. The standard InChI is InChI=1S/C20H26FN7O6S/c21-17-15(7-12(18(17)30)10-34-35(22,32)33)25-20-13(8-23-11-24-20)19(31)14-3-6-28(26-14)9-16(29)27-4-1-2-5-27/h3,6,8,11-12,15,17-18,30H,1-2,4-5,7,9-10H2,(H2,22,32,33)(H,23,24,25). The summed E-state index contributed by atoms with van der Waals surface area (Å²) in [6.07, 6.45) is 2.61.